The second kappa shape index (κ2) is 12.0. The molecule has 7 nitrogen and oxygen atoms in total. The highest BCUT2D eigenvalue weighted by atomic mass is 19.1. The van der Waals surface area contributed by atoms with E-state index in [1.165, 1.54) is 17.7 Å². The second-order valence-corrected chi connectivity index (χ2v) is 10.8. The van der Waals surface area contributed by atoms with Gasteiger partial charge in [-0.2, -0.15) is 0 Å². The van der Waals surface area contributed by atoms with Gasteiger partial charge in [-0.1, -0.05) is 26.0 Å². The predicted octanol–water partition coefficient (Wildman–Crippen LogP) is 6.17. The fourth-order valence-electron chi connectivity index (χ4n) is 5.85. The Morgan fingerprint density at radius 3 is 2.44 bits per heavy atom. The zero-order valence-corrected chi connectivity index (χ0v) is 23.5. The van der Waals surface area contributed by atoms with Crippen molar-refractivity contribution in [1.29, 1.82) is 5.26 Å². The van der Waals surface area contributed by atoms with Gasteiger partial charge in [0.2, 0.25) is 0 Å². The van der Waals surface area contributed by atoms with Gasteiger partial charge < -0.3 is 14.2 Å². The number of piperazine rings is 1. The molecule has 0 aliphatic carbocycles. The number of hydrogen-bond donors (Lipinski definition) is 0. The number of anilines is 1. The number of aromatic nitrogens is 1. The molecule has 0 bridgehead atoms. The Hall–Kier alpha value is -3.70. The summed E-state index contributed by atoms with van der Waals surface area (Å²) >= 11 is 0. The minimum absolute atomic E-state index is 0.0247. The zero-order valence-electron chi connectivity index (χ0n) is 23.5. The van der Waals surface area contributed by atoms with Crippen LogP contribution in [0.3, 0.4) is 0 Å². The molecule has 5 rings (SSSR count). The molecule has 2 saturated heterocycles. The number of aryl methyl sites for hydroxylation is 1. The van der Waals surface area contributed by atoms with Crippen LogP contribution in [-0.2, 0) is 0 Å². The molecule has 2 atom stereocenters. The Morgan fingerprint density at radius 2 is 1.87 bits per heavy atom. The van der Waals surface area contributed by atoms with Crippen LogP contribution in [0.4, 0.5) is 10.2 Å². The van der Waals surface area contributed by atoms with Gasteiger partial charge in [0.25, 0.3) is 5.91 Å². The lowest BCUT2D eigenvalue weighted by Crippen LogP contribution is -2.54. The standard InChI is InChI=1S/C30H37FN4O2.CHN/c1-19(2)28-25(22-8-10-23(31)11-9-22)17-26(27-7-6-13-33(27)5)29(32-28)34-14-15-35(20(3)18-34)30(36)24-12-16-37-21(24)4;1-2/h8-12,16-17,19-20,27H,6-7,13-15,18H2,1-5H3;1H/t20?,27-;/m1./s1. The summed E-state index contributed by atoms with van der Waals surface area (Å²) in [4.78, 5) is 25.3. The van der Waals surface area contributed by atoms with Gasteiger partial charge in [-0.05, 0) is 76.0 Å². The minimum Gasteiger partial charge on any atom is -0.469 e. The maximum Gasteiger partial charge on any atom is 0.257 e. The molecule has 1 aromatic carbocycles. The smallest absolute Gasteiger partial charge is 0.257 e. The van der Waals surface area contributed by atoms with Crippen LogP contribution in [0.2, 0.25) is 0 Å². The van der Waals surface area contributed by atoms with Crippen molar-refractivity contribution in [2.24, 2.45) is 0 Å². The maximum absolute atomic E-state index is 13.7. The van der Waals surface area contributed by atoms with E-state index in [-0.39, 0.29) is 29.7 Å². The summed E-state index contributed by atoms with van der Waals surface area (Å²) in [7, 11) is 2.18. The van der Waals surface area contributed by atoms with Gasteiger partial charge in [0.1, 0.15) is 17.4 Å². The van der Waals surface area contributed by atoms with E-state index < -0.39 is 0 Å². The van der Waals surface area contributed by atoms with E-state index in [1.54, 1.807) is 12.3 Å². The maximum atomic E-state index is 13.7. The first-order valence-corrected chi connectivity index (χ1v) is 13.6. The van der Waals surface area contributed by atoms with Gasteiger partial charge in [-0.15, -0.1) is 0 Å². The first-order valence-electron chi connectivity index (χ1n) is 13.6. The second-order valence-electron chi connectivity index (χ2n) is 10.8. The Bertz CT molecular complexity index is 1320. The van der Waals surface area contributed by atoms with E-state index in [0.29, 0.717) is 24.4 Å². The van der Waals surface area contributed by atoms with Crippen molar-refractivity contribution in [3.8, 4) is 17.7 Å². The molecule has 2 aliphatic rings. The monoisotopic (exact) mass is 531 g/mol. The van der Waals surface area contributed by atoms with Gasteiger partial charge in [0.05, 0.1) is 17.5 Å². The molecule has 1 amide bonds. The first kappa shape index (κ1) is 28.3. The summed E-state index contributed by atoms with van der Waals surface area (Å²) < 4.78 is 19.1. The molecule has 39 heavy (non-hydrogen) atoms. The van der Waals surface area contributed by atoms with Gasteiger partial charge in [-0.3, -0.25) is 9.69 Å². The van der Waals surface area contributed by atoms with Crippen LogP contribution in [0, 0.1) is 24.6 Å². The lowest BCUT2D eigenvalue weighted by atomic mass is 9.93. The third-order valence-electron chi connectivity index (χ3n) is 7.92. The molecule has 2 aliphatic heterocycles. The summed E-state index contributed by atoms with van der Waals surface area (Å²) in [5.41, 5.74) is 4.95. The molecule has 3 aromatic rings. The predicted molar refractivity (Wildman–Crippen MR) is 151 cm³/mol. The van der Waals surface area contributed by atoms with Crippen molar-refractivity contribution in [2.75, 3.05) is 38.1 Å². The van der Waals surface area contributed by atoms with Crippen LogP contribution in [0.5, 0.6) is 0 Å². The average Bonchev–Trinajstić information content (AvgIpc) is 3.56. The molecular formula is C31H38FN5O2. The number of carbonyl (C=O) groups is 1. The number of amides is 1. The van der Waals surface area contributed by atoms with Gasteiger partial charge in [0, 0.05) is 49.4 Å². The topological polar surface area (TPSA) is 76.6 Å². The summed E-state index contributed by atoms with van der Waals surface area (Å²) in [6, 6.07) is 11.1. The number of pyridine rings is 1. The number of rotatable bonds is 5. The summed E-state index contributed by atoms with van der Waals surface area (Å²) in [5.74, 6) is 1.68. The SMILES string of the molecule is C#N.Cc1occc1C(=O)N1CCN(c2nc(C(C)C)c(-c3ccc(F)cc3)cc2[C@H]2CCCN2C)CC1C. The average molecular weight is 532 g/mol. The Balaban J connectivity index is 0.00000172. The fourth-order valence-corrected chi connectivity index (χ4v) is 5.85. The molecule has 206 valence electrons. The van der Waals surface area contributed by atoms with E-state index in [0.717, 1.165) is 48.6 Å². The molecule has 2 aromatic heterocycles. The largest absolute Gasteiger partial charge is 0.469 e. The number of carbonyl (C=O) groups excluding carboxylic acids is 1. The van der Waals surface area contributed by atoms with Crippen LogP contribution < -0.4 is 4.90 Å². The number of halogens is 1. The molecule has 0 radical (unpaired) electrons. The molecule has 2 fully saturated rings. The Kier molecular flexibility index (Phi) is 8.71. The van der Waals surface area contributed by atoms with E-state index in [4.69, 9.17) is 14.7 Å². The van der Waals surface area contributed by atoms with Crippen LogP contribution in [0.15, 0.2) is 47.1 Å². The lowest BCUT2D eigenvalue weighted by Gasteiger charge is -2.42. The van der Waals surface area contributed by atoms with Gasteiger partial charge in [-0.25, -0.2) is 14.6 Å². The van der Waals surface area contributed by atoms with Crippen molar-refractivity contribution < 1.29 is 13.6 Å². The molecule has 8 heteroatoms. The molecule has 0 N–H and O–H groups in total. The summed E-state index contributed by atoms with van der Waals surface area (Å²) in [5, 5.41) is 6.50. The molecule has 0 spiro atoms. The van der Waals surface area contributed by atoms with Crippen LogP contribution in [0.25, 0.3) is 11.1 Å². The Labute approximate surface area is 230 Å². The molecule has 1 unspecified atom stereocenters. The van der Waals surface area contributed by atoms with Gasteiger partial charge >= 0.3 is 0 Å². The van der Waals surface area contributed by atoms with E-state index in [1.807, 2.05) is 24.0 Å². The van der Waals surface area contributed by atoms with Crippen molar-refractivity contribution in [3.63, 3.8) is 0 Å². The lowest BCUT2D eigenvalue weighted by molar-refractivity contribution is 0.0671. The van der Waals surface area contributed by atoms with Crippen LogP contribution >= 0.6 is 0 Å². The number of likely N-dealkylation sites (tertiary alicyclic amines) is 1. The number of nitrogens with zero attached hydrogens (tertiary/aromatic N) is 5. The summed E-state index contributed by atoms with van der Waals surface area (Å²) in [6.07, 6.45) is 3.82. The zero-order chi connectivity index (χ0) is 28.3. The number of benzene rings is 1. The quantitative estimate of drug-likeness (QED) is 0.392. The molecule has 0 saturated carbocycles. The third-order valence-corrected chi connectivity index (χ3v) is 7.92. The number of hydrogen-bond acceptors (Lipinski definition) is 6. The Morgan fingerprint density at radius 1 is 1.15 bits per heavy atom. The highest BCUT2D eigenvalue weighted by Crippen LogP contribution is 2.41. The molecule has 4 heterocycles. The van der Waals surface area contributed by atoms with Gasteiger partial charge in [0.15, 0.2) is 0 Å². The molecular weight excluding hydrogens is 493 g/mol. The summed E-state index contributed by atoms with van der Waals surface area (Å²) in [6.45, 7) is 14.9. The number of furan rings is 1. The highest BCUT2D eigenvalue weighted by molar-refractivity contribution is 5.95. The normalized spacial score (nSPS) is 19.7. The van der Waals surface area contributed by atoms with Crippen molar-refractivity contribution in [2.45, 2.75) is 58.5 Å². The third kappa shape index (κ3) is 5.69. The van der Waals surface area contributed by atoms with E-state index >= 15 is 0 Å². The van der Waals surface area contributed by atoms with Crippen molar-refractivity contribution in [1.82, 2.24) is 14.8 Å². The highest BCUT2D eigenvalue weighted by Gasteiger charge is 2.34. The van der Waals surface area contributed by atoms with E-state index in [2.05, 4.69) is 50.3 Å². The first-order chi connectivity index (χ1) is 18.7. The van der Waals surface area contributed by atoms with Crippen LogP contribution in [-0.4, -0.2) is 60.0 Å². The van der Waals surface area contributed by atoms with Crippen molar-refractivity contribution >= 4 is 11.7 Å². The fraction of sp³-hybridized carbons (Fsp3) is 0.452. The van der Waals surface area contributed by atoms with Crippen LogP contribution in [0.1, 0.15) is 72.9 Å². The minimum atomic E-state index is -0.234. The van der Waals surface area contributed by atoms with E-state index in [9.17, 15) is 9.18 Å². The van der Waals surface area contributed by atoms with Crippen molar-refractivity contribution in [3.05, 3.63) is 71.1 Å². The number of nitriles is 1.